The molecule has 5 heteroatoms. The van der Waals surface area contributed by atoms with Crippen LogP contribution in [0, 0.1) is 0 Å². The molecule has 0 saturated heterocycles. The summed E-state index contributed by atoms with van der Waals surface area (Å²) in [7, 11) is 3.27. The molecule has 0 heterocycles. The van der Waals surface area contributed by atoms with Gasteiger partial charge >= 0.3 is 5.97 Å². The van der Waals surface area contributed by atoms with Gasteiger partial charge in [0, 0.05) is 6.07 Å². The highest BCUT2D eigenvalue weighted by molar-refractivity contribution is 5.71. The summed E-state index contributed by atoms with van der Waals surface area (Å²) in [6.45, 7) is 0.377. The fraction of sp³-hybridized carbons (Fsp3) is 0.160. The Morgan fingerprint density at radius 2 is 1.37 bits per heavy atom. The van der Waals surface area contributed by atoms with E-state index in [1.807, 2.05) is 66.7 Å². The van der Waals surface area contributed by atoms with Crippen molar-refractivity contribution in [2.45, 2.75) is 13.0 Å². The van der Waals surface area contributed by atoms with Gasteiger partial charge in [0.15, 0.2) is 0 Å². The minimum atomic E-state index is -0.842. The van der Waals surface area contributed by atoms with Crippen LogP contribution in [0.3, 0.4) is 0 Å². The van der Waals surface area contributed by atoms with Crippen LogP contribution in [-0.2, 0) is 17.8 Å². The minimum Gasteiger partial charge on any atom is -0.497 e. The van der Waals surface area contributed by atoms with Crippen LogP contribution >= 0.6 is 0 Å². The highest BCUT2D eigenvalue weighted by atomic mass is 16.5. The lowest BCUT2D eigenvalue weighted by Gasteiger charge is -2.10. The Hall–Kier alpha value is -3.73. The fourth-order valence-corrected chi connectivity index (χ4v) is 2.89. The summed E-state index contributed by atoms with van der Waals surface area (Å²) in [6, 6.07) is 20.9. The second-order valence-corrected chi connectivity index (χ2v) is 6.72. The van der Waals surface area contributed by atoms with E-state index < -0.39 is 5.97 Å². The van der Waals surface area contributed by atoms with Gasteiger partial charge in [-0.05, 0) is 46.5 Å². The Labute approximate surface area is 176 Å². The standard InChI is InChI=1S/C25H24O5/c1-28-22-11-9-18(10-12-22)3-8-21-13-23(29-2)16-24(14-21)30-17-20-6-4-19(5-7-20)15-25(26)27/h3-14,16H,15,17H2,1-2H3,(H,26,27)/b8-3+. The number of methoxy groups -OCH3 is 2. The molecule has 0 fully saturated rings. The molecule has 0 saturated carbocycles. The molecule has 0 aliphatic heterocycles. The first-order valence-corrected chi connectivity index (χ1v) is 9.49. The van der Waals surface area contributed by atoms with Crippen LogP contribution in [0.25, 0.3) is 12.2 Å². The van der Waals surface area contributed by atoms with Gasteiger partial charge in [0.1, 0.15) is 23.9 Å². The maximum Gasteiger partial charge on any atom is 0.307 e. The van der Waals surface area contributed by atoms with E-state index in [9.17, 15) is 4.79 Å². The lowest BCUT2D eigenvalue weighted by atomic mass is 10.1. The van der Waals surface area contributed by atoms with Crippen LogP contribution in [0.15, 0.2) is 66.7 Å². The maximum absolute atomic E-state index is 10.8. The average Bonchev–Trinajstić information content (AvgIpc) is 2.77. The van der Waals surface area contributed by atoms with Gasteiger partial charge in [-0.2, -0.15) is 0 Å². The predicted octanol–water partition coefficient (Wildman–Crippen LogP) is 5.08. The van der Waals surface area contributed by atoms with Crippen LogP contribution in [0.1, 0.15) is 22.3 Å². The van der Waals surface area contributed by atoms with Gasteiger partial charge in [-0.3, -0.25) is 4.79 Å². The molecule has 0 aliphatic rings. The molecule has 5 nitrogen and oxygen atoms in total. The Morgan fingerprint density at radius 1 is 0.767 bits per heavy atom. The predicted molar refractivity (Wildman–Crippen MR) is 117 cm³/mol. The van der Waals surface area contributed by atoms with Crippen molar-refractivity contribution in [1.29, 1.82) is 0 Å². The number of carboxylic acids is 1. The number of carbonyl (C=O) groups is 1. The van der Waals surface area contributed by atoms with E-state index in [-0.39, 0.29) is 6.42 Å². The molecule has 1 N–H and O–H groups in total. The van der Waals surface area contributed by atoms with Crippen molar-refractivity contribution < 1.29 is 24.1 Å². The number of hydrogen-bond acceptors (Lipinski definition) is 4. The SMILES string of the molecule is COc1ccc(/C=C/c2cc(OC)cc(OCc3ccc(CC(=O)O)cc3)c2)cc1. The van der Waals surface area contributed by atoms with Crippen molar-refractivity contribution in [3.05, 3.63) is 89.0 Å². The molecule has 0 unspecified atom stereocenters. The first kappa shape index (κ1) is 21.0. The van der Waals surface area contributed by atoms with Gasteiger partial charge < -0.3 is 19.3 Å². The smallest absolute Gasteiger partial charge is 0.307 e. The highest BCUT2D eigenvalue weighted by Gasteiger charge is 2.04. The Balaban J connectivity index is 1.69. The second kappa shape index (κ2) is 10.2. The molecular formula is C25H24O5. The van der Waals surface area contributed by atoms with E-state index in [4.69, 9.17) is 19.3 Å². The van der Waals surface area contributed by atoms with Crippen molar-refractivity contribution in [2.75, 3.05) is 14.2 Å². The molecule has 154 valence electrons. The maximum atomic E-state index is 10.8. The van der Waals surface area contributed by atoms with Crippen molar-refractivity contribution in [1.82, 2.24) is 0 Å². The molecular weight excluding hydrogens is 380 g/mol. The van der Waals surface area contributed by atoms with Gasteiger partial charge in [-0.1, -0.05) is 48.6 Å². The number of benzene rings is 3. The minimum absolute atomic E-state index is 0.0148. The molecule has 0 bridgehead atoms. The summed E-state index contributed by atoms with van der Waals surface area (Å²) >= 11 is 0. The largest absolute Gasteiger partial charge is 0.497 e. The molecule has 0 radical (unpaired) electrons. The first-order valence-electron chi connectivity index (χ1n) is 9.49. The van der Waals surface area contributed by atoms with E-state index in [0.717, 1.165) is 28.0 Å². The Morgan fingerprint density at radius 3 is 2.00 bits per heavy atom. The summed E-state index contributed by atoms with van der Waals surface area (Å²) < 4.78 is 16.5. The van der Waals surface area contributed by atoms with Crippen molar-refractivity contribution in [2.24, 2.45) is 0 Å². The molecule has 3 rings (SSSR count). The number of carboxylic acid groups (broad SMARTS) is 1. The molecule has 0 aliphatic carbocycles. The monoisotopic (exact) mass is 404 g/mol. The molecule has 0 aromatic heterocycles. The summed E-state index contributed by atoms with van der Waals surface area (Å²) in [6.07, 6.45) is 4.03. The van der Waals surface area contributed by atoms with E-state index in [1.165, 1.54) is 0 Å². The van der Waals surface area contributed by atoms with Gasteiger partial charge in [-0.15, -0.1) is 0 Å². The van der Waals surface area contributed by atoms with Crippen molar-refractivity contribution in [3.63, 3.8) is 0 Å². The van der Waals surface area contributed by atoms with E-state index >= 15 is 0 Å². The molecule has 0 spiro atoms. The normalized spacial score (nSPS) is 10.7. The Kier molecular flexibility index (Phi) is 7.11. The van der Waals surface area contributed by atoms with Crippen LogP contribution < -0.4 is 14.2 Å². The average molecular weight is 404 g/mol. The summed E-state index contributed by atoms with van der Waals surface area (Å²) in [5.41, 5.74) is 3.74. The topological polar surface area (TPSA) is 65.0 Å². The zero-order chi connectivity index (χ0) is 21.3. The van der Waals surface area contributed by atoms with E-state index in [2.05, 4.69) is 0 Å². The zero-order valence-electron chi connectivity index (χ0n) is 17.0. The van der Waals surface area contributed by atoms with Crippen molar-refractivity contribution in [3.8, 4) is 17.2 Å². The van der Waals surface area contributed by atoms with E-state index in [1.54, 1.807) is 26.4 Å². The van der Waals surface area contributed by atoms with Crippen LogP contribution in [0.5, 0.6) is 17.2 Å². The van der Waals surface area contributed by atoms with Crippen molar-refractivity contribution >= 4 is 18.1 Å². The lowest BCUT2D eigenvalue weighted by molar-refractivity contribution is -0.136. The summed E-state index contributed by atoms with van der Waals surface area (Å²) in [5, 5.41) is 8.86. The van der Waals surface area contributed by atoms with Crippen LogP contribution in [0.2, 0.25) is 0 Å². The van der Waals surface area contributed by atoms with Gasteiger partial charge in [0.2, 0.25) is 0 Å². The molecule has 0 atom stereocenters. The third kappa shape index (κ3) is 6.14. The number of ether oxygens (including phenoxy) is 3. The van der Waals surface area contributed by atoms with Crippen LogP contribution in [0.4, 0.5) is 0 Å². The van der Waals surface area contributed by atoms with E-state index in [0.29, 0.717) is 18.1 Å². The molecule has 3 aromatic rings. The molecule has 30 heavy (non-hydrogen) atoms. The summed E-state index contributed by atoms with van der Waals surface area (Å²) in [4.78, 5) is 10.8. The van der Waals surface area contributed by atoms with Gasteiger partial charge in [-0.25, -0.2) is 0 Å². The fourth-order valence-electron chi connectivity index (χ4n) is 2.89. The van der Waals surface area contributed by atoms with Crippen LogP contribution in [-0.4, -0.2) is 25.3 Å². The first-order chi connectivity index (χ1) is 14.6. The third-order valence-electron chi connectivity index (χ3n) is 4.51. The number of hydrogen-bond donors (Lipinski definition) is 1. The second-order valence-electron chi connectivity index (χ2n) is 6.72. The zero-order valence-corrected chi connectivity index (χ0v) is 17.0. The number of rotatable bonds is 9. The third-order valence-corrected chi connectivity index (χ3v) is 4.51. The molecule has 3 aromatic carbocycles. The highest BCUT2D eigenvalue weighted by Crippen LogP contribution is 2.25. The van der Waals surface area contributed by atoms with Gasteiger partial charge in [0.05, 0.1) is 20.6 Å². The quantitative estimate of drug-likeness (QED) is 0.504. The summed E-state index contributed by atoms with van der Waals surface area (Å²) in [5.74, 6) is 1.38. The Bertz CT molecular complexity index is 1000. The number of aliphatic carboxylic acids is 1. The lowest BCUT2D eigenvalue weighted by Crippen LogP contribution is -2.01. The molecule has 0 amide bonds. The van der Waals surface area contributed by atoms with Gasteiger partial charge in [0.25, 0.3) is 0 Å².